The zero-order chi connectivity index (χ0) is 15.0. The van der Waals surface area contributed by atoms with E-state index in [1.54, 1.807) is 30.3 Å². The summed E-state index contributed by atoms with van der Waals surface area (Å²) in [6.07, 6.45) is 0. The largest absolute Gasteiger partial charge is 0.478 e. The van der Waals surface area contributed by atoms with Gasteiger partial charge in [-0.3, -0.25) is 0 Å². The van der Waals surface area contributed by atoms with E-state index in [1.165, 1.54) is 6.07 Å². The van der Waals surface area contributed by atoms with E-state index in [-0.39, 0.29) is 11.4 Å². The predicted octanol–water partition coefficient (Wildman–Crippen LogP) is 5.11. The first kappa shape index (κ1) is 13.8. The fourth-order valence-corrected chi connectivity index (χ4v) is 2.79. The van der Waals surface area contributed by atoms with Gasteiger partial charge < -0.3 is 5.11 Å². The van der Waals surface area contributed by atoms with Gasteiger partial charge in [-0.25, -0.2) is 9.18 Å². The lowest BCUT2D eigenvalue weighted by Gasteiger charge is -2.09. The Hall–Kier alpha value is -2.20. The van der Waals surface area contributed by atoms with E-state index in [9.17, 15) is 14.3 Å². The Labute approximate surface area is 129 Å². The van der Waals surface area contributed by atoms with E-state index in [1.807, 2.05) is 18.2 Å². The molecule has 0 saturated carbocycles. The van der Waals surface area contributed by atoms with Gasteiger partial charge in [0.1, 0.15) is 5.82 Å². The summed E-state index contributed by atoms with van der Waals surface area (Å²) >= 11 is 3.22. The molecule has 21 heavy (non-hydrogen) atoms. The molecule has 0 aliphatic heterocycles. The summed E-state index contributed by atoms with van der Waals surface area (Å²) in [4.78, 5) is 11.2. The molecule has 0 saturated heterocycles. The average molecular weight is 345 g/mol. The van der Waals surface area contributed by atoms with Crippen molar-refractivity contribution >= 4 is 32.7 Å². The van der Waals surface area contributed by atoms with Gasteiger partial charge in [0.15, 0.2) is 0 Å². The van der Waals surface area contributed by atoms with Crippen LogP contribution in [0.5, 0.6) is 0 Å². The van der Waals surface area contributed by atoms with Crippen LogP contribution in [-0.4, -0.2) is 11.1 Å². The van der Waals surface area contributed by atoms with E-state index in [2.05, 4.69) is 15.9 Å². The third kappa shape index (κ3) is 2.43. The first-order valence-corrected chi connectivity index (χ1v) is 7.07. The van der Waals surface area contributed by atoms with Gasteiger partial charge in [0.05, 0.1) is 5.56 Å². The molecule has 0 aromatic heterocycles. The van der Waals surface area contributed by atoms with Gasteiger partial charge in [0, 0.05) is 9.86 Å². The number of carboxylic acids is 1. The molecular formula is C17H10BrFO2. The molecule has 0 aliphatic rings. The van der Waals surface area contributed by atoms with Crippen molar-refractivity contribution in [1.82, 2.24) is 0 Å². The highest BCUT2D eigenvalue weighted by molar-refractivity contribution is 9.10. The minimum Gasteiger partial charge on any atom is -0.478 e. The molecule has 0 spiro atoms. The molecule has 3 aromatic rings. The summed E-state index contributed by atoms with van der Waals surface area (Å²) in [5.41, 5.74) is 1.73. The van der Waals surface area contributed by atoms with Crippen LogP contribution in [0.25, 0.3) is 21.9 Å². The molecule has 0 aliphatic carbocycles. The number of aromatic carboxylic acids is 1. The molecule has 0 radical (unpaired) electrons. The van der Waals surface area contributed by atoms with Crippen LogP contribution in [0, 0.1) is 5.82 Å². The number of rotatable bonds is 2. The minimum atomic E-state index is -1.00. The summed E-state index contributed by atoms with van der Waals surface area (Å²) in [5, 5.41) is 10.5. The van der Waals surface area contributed by atoms with Gasteiger partial charge >= 0.3 is 5.97 Å². The van der Waals surface area contributed by atoms with Crippen molar-refractivity contribution in [3.8, 4) is 11.1 Å². The Bertz CT molecular complexity index is 859. The highest BCUT2D eigenvalue weighted by atomic mass is 79.9. The normalized spacial score (nSPS) is 10.8. The highest BCUT2D eigenvalue weighted by Crippen LogP contribution is 2.32. The van der Waals surface area contributed by atoms with Gasteiger partial charge in [0.2, 0.25) is 0 Å². The standard InChI is InChI=1S/C17H10BrFO2/c18-15-7-5-10(9-14(15)17(20)21)11-6-8-16(19)13-4-2-1-3-12(11)13/h1-9H,(H,20,21). The first-order valence-electron chi connectivity index (χ1n) is 6.28. The summed E-state index contributed by atoms with van der Waals surface area (Å²) in [5.74, 6) is -1.29. The molecular weight excluding hydrogens is 335 g/mol. The van der Waals surface area contributed by atoms with Gasteiger partial charge in [-0.05, 0) is 50.6 Å². The van der Waals surface area contributed by atoms with Crippen LogP contribution in [0.15, 0.2) is 59.1 Å². The smallest absolute Gasteiger partial charge is 0.336 e. The third-order valence-electron chi connectivity index (χ3n) is 3.38. The van der Waals surface area contributed by atoms with E-state index < -0.39 is 5.97 Å². The molecule has 0 unspecified atom stereocenters. The molecule has 4 heteroatoms. The van der Waals surface area contributed by atoms with Crippen LogP contribution in [0.4, 0.5) is 4.39 Å². The Kier molecular flexibility index (Phi) is 3.47. The minimum absolute atomic E-state index is 0.181. The van der Waals surface area contributed by atoms with Crippen LogP contribution in [0.2, 0.25) is 0 Å². The average Bonchev–Trinajstić information content (AvgIpc) is 2.48. The Morgan fingerprint density at radius 2 is 1.71 bits per heavy atom. The van der Waals surface area contributed by atoms with E-state index >= 15 is 0 Å². The van der Waals surface area contributed by atoms with Crippen LogP contribution < -0.4 is 0 Å². The van der Waals surface area contributed by atoms with Crippen molar-refractivity contribution in [2.45, 2.75) is 0 Å². The quantitative estimate of drug-likeness (QED) is 0.701. The molecule has 1 N–H and O–H groups in total. The second-order valence-electron chi connectivity index (χ2n) is 4.64. The molecule has 104 valence electrons. The summed E-state index contributed by atoms with van der Waals surface area (Å²) in [6.45, 7) is 0. The lowest BCUT2D eigenvalue weighted by Crippen LogP contribution is -1.98. The summed E-state index contributed by atoms with van der Waals surface area (Å²) in [7, 11) is 0. The molecule has 0 atom stereocenters. The Balaban J connectivity index is 2.29. The monoisotopic (exact) mass is 344 g/mol. The van der Waals surface area contributed by atoms with E-state index in [4.69, 9.17) is 0 Å². The second-order valence-corrected chi connectivity index (χ2v) is 5.49. The molecule has 0 fully saturated rings. The van der Waals surface area contributed by atoms with Gasteiger partial charge in [-0.1, -0.05) is 36.4 Å². The first-order chi connectivity index (χ1) is 10.1. The van der Waals surface area contributed by atoms with Crippen molar-refractivity contribution in [2.24, 2.45) is 0 Å². The fourth-order valence-electron chi connectivity index (χ4n) is 2.37. The van der Waals surface area contributed by atoms with Crippen LogP contribution in [0.3, 0.4) is 0 Å². The maximum absolute atomic E-state index is 13.9. The number of hydrogen-bond donors (Lipinski definition) is 1. The molecule has 3 aromatic carbocycles. The SMILES string of the molecule is O=C(O)c1cc(-c2ccc(F)c3ccccc23)ccc1Br. The summed E-state index contributed by atoms with van der Waals surface area (Å²) in [6, 6.07) is 15.3. The third-order valence-corrected chi connectivity index (χ3v) is 4.07. The Morgan fingerprint density at radius 3 is 2.43 bits per heavy atom. The lowest BCUT2D eigenvalue weighted by atomic mass is 9.97. The second kappa shape index (κ2) is 5.30. The van der Waals surface area contributed by atoms with Crippen molar-refractivity contribution in [3.05, 3.63) is 70.5 Å². The number of halogens is 2. The maximum Gasteiger partial charge on any atom is 0.336 e. The maximum atomic E-state index is 13.9. The Morgan fingerprint density at radius 1 is 1.00 bits per heavy atom. The fraction of sp³-hybridized carbons (Fsp3) is 0. The van der Waals surface area contributed by atoms with E-state index in [0.29, 0.717) is 9.86 Å². The van der Waals surface area contributed by atoms with Crippen molar-refractivity contribution < 1.29 is 14.3 Å². The van der Waals surface area contributed by atoms with Gasteiger partial charge in [-0.15, -0.1) is 0 Å². The molecule has 2 nitrogen and oxygen atoms in total. The predicted molar refractivity (Wildman–Crippen MR) is 84.0 cm³/mol. The van der Waals surface area contributed by atoms with Crippen molar-refractivity contribution in [3.63, 3.8) is 0 Å². The number of fused-ring (bicyclic) bond motifs is 1. The zero-order valence-corrected chi connectivity index (χ0v) is 12.4. The highest BCUT2D eigenvalue weighted by Gasteiger charge is 2.12. The van der Waals surface area contributed by atoms with E-state index in [0.717, 1.165) is 16.5 Å². The van der Waals surface area contributed by atoms with Crippen molar-refractivity contribution in [1.29, 1.82) is 0 Å². The summed E-state index contributed by atoms with van der Waals surface area (Å²) < 4.78 is 14.4. The lowest BCUT2D eigenvalue weighted by molar-refractivity contribution is 0.0696. The van der Waals surface area contributed by atoms with Gasteiger partial charge in [0.25, 0.3) is 0 Å². The number of benzene rings is 3. The zero-order valence-electron chi connectivity index (χ0n) is 10.8. The molecule has 0 bridgehead atoms. The van der Waals surface area contributed by atoms with Crippen LogP contribution in [0.1, 0.15) is 10.4 Å². The number of hydrogen-bond acceptors (Lipinski definition) is 1. The van der Waals surface area contributed by atoms with Gasteiger partial charge in [-0.2, -0.15) is 0 Å². The number of carboxylic acid groups (broad SMARTS) is 1. The molecule has 0 heterocycles. The molecule has 0 amide bonds. The van der Waals surface area contributed by atoms with Crippen molar-refractivity contribution in [2.75, 3.05) is 0 Å². The number of carbonyl (C=O) groups is 1. The van der Waals surface area contributed by atoms with Crippen LogP contribution >= 0.6 is 15.9 Å². The topological polar surface area (TPSA) is 37.3 Å². The molecule has 3 rings (SSSR count). The van der Waals surface area contributed by atoms with Crippen LogP contribution in [-0.2, 0) is 0 Å².